The maximum absolute atomic E-state index is 10.4. The Morgan fingerprint density at radius 1 is 1.44 bits per heavy atom. The Kier molecular flexibility index (Phi) is 4.53. The third-order valence-corrected chi connectivity index (χ3v) is 4.02. The van der Waals surface area contributed by atoms with Crippen LogP contribution in [0.2, 0.25) is 0 Å². The normalized spacial score (nSPS) is 25.7. The lowest BCUT2D eigenvalue weighted by Gasteiger charge is -2.31. The summed E-state index contributed by atoms with van der Waals surface area (Å²) in [5, 5.41) is 10.4. The quantitative estimate of drug-likeness (QED) is 0.892. The van der Waals surface area contributed by atoms with Crippen molar-refractivity contribution in [2.75, 3.05) is 7.11 Å². The highest BCUT2D eigenvalue weighted by Gasteiger charge is 2.28. The summed E-state index contributed by atoms with van der Waals surface area (Å²) in [5.41, 5.74) is 0.684. The molecule has 1 aliphatic rings. The predicted molar refractivity (Wildman–Crippen MR) is 69.3 cm³/mol. The van der Waals surface area contributed by atoms with Gasteiger partial charge in [0.05, 0.1) is 18.9 Å². The van der Waals surface area contributed by atoms with Crippen molar-refractivity contribution in [2.45, 2.75) is 45.1 Å². The highest BCUT2D eigenvalue weighted by atomic mass is 16.5. The lowest BCUT2D eigenvalue weighted by molar-refractivity contribution is 0.0642. The van der Waals surface area contributed by atoms with Gasteiger partial charge in [0.15, 0.2) is 0 Å². The van der Waals surface area contributed by atoms with Gasteiger partial charge in [0, 0.05) is 6.07 Å². The van der Waals surface area contributed by atoms with Gasteiger partial charge in [-0.1, -0.05) is 26.2 Å². The number of hydrogen-bond donors (Lipinski definition) is 1. The minimum Gasteiger partial charge on any atom is -0.481 e. The van der Waals surface area contributed by atoms with E-state index in [0.29, 0.717) is 17.5 Å². The molecule has 4 nitrogen and oxygen atoms in total. The molecule has 4 heteroatoms. The van der Waals surface area contributed by atoms with E-state index < -0.39 is 6.10 Å². The minimum atomic E-state index is -0.490. The SMILES string of the molecule is CCC1CCCC(C(O)c2cc(OC)ncn2)C1. The number of hydrogen-bond acceptors (Lipinski definition) is 4. The molecule has 1 heterocycles. The highest BCUT2D eigenvalue weighted by molar-refractivity contribution is 5.16. The Morgan fingerprint density at radius 2 is 2.28 bits per heavy atom. The summed E-state index contributed by atoms with van der Waals surface area (Å²) in [5.74, 6) is 1.59. The van der Waals surface area contributed by atoms with E-state index in [1.165, 1.54) is 25.6 Å². The second-order valence-electron chi connectivity index (χ2n) is 5.13. The van der Waals surface area contributed by atoms with Crippen LogP contribution in [0.15, 0.2) is 12.4 Å². The standard InChI is InChI=1S/C14H22N2O2/c1-3-10-5-4-6-11(7-10)14(17)12-8-13(18-2)16-9-15-12/h8-11,14,17H,3-7H2,1-2H3. The van der Waals surface area contributed by atoms with Crippen molar-refractivity contribution in [1.82, 2.24) is 9.97 Å². The molecule has 1 aromatic rings. The Bertz CT molecular complexity index is 384. The fourth-order valence-corrected chi connectivity index (χ4v) is 2.86. The number of aliphatic hydroxyl groups excluding tert-OH is 1. The summed E-state index contributed by atoms with van der Waals surface area (Å²) < 4.78 is 5.07. The van der Waals surface area contributed by atoms with E-state index >= 15 is 0 Å². The van der Waals surface area contributed by atoms with E-state index in [4.69, 9.17) is 4.74 Å². The van der Waals surface area contributed by atoms with Gasteiger partial charge in [0.2, 0.25) is 5.88 Å². The zero-order valence-electron chi connectivity index (χ0n) is 11.2. The molecule has 0 spiro atoms. The summed E-state index contributed by atoms with van der Waals surface area (Å²) in [6.07, 6.45) is 6.87. The van der Waals surface area contributed by atoms with Gasteiger partial charge in [-0.3, -0.25) is 0 Å². The first-order chi connectivity index (χ1) is 8.74. The van der Waals surface area contributed by atoms with E-state index in [1.807, 2.05) is 0 Å². The molecule has 3 unspecified atom stereocenters. The van der Waals surface area contributed by atoms with Gasteiger partial charge in [-0.05, 0) is 24.7 Å². The topological polar surface area (TPSA) is 55.2 Å². The van der Waals surface area contributed by atoms with E-state index in [-0.39, 0.29) is 0 Å². The van der Waals surface area contributed by atoms with Crippen molar-refractivity contribution in [3.8, 4) is 5.88 Å². The third-order valence-electron chi connectivity index (χ3n) is 4.02. The molecular weight excluding hydrogens is 228 g/mol. The minimum absolute atomic E-state index is 0.323. The first kappa shape index (κ1) is 13.3. The predicted octanol–water partition coefficient (Wildman–Crippen LogP) is 2.74. The van der Waals surface area contributed by atoms with Crippen LogP contribution in [0.1, 0.15) is 50.8 Å². The lowest BCUT2D eigenvalue weighted by Crippen LogP contribution is -2.22. The number of rotatable bonds is 4. The van der Waals surface area contributed by atoms with Crippen LogP contribution in [0.4, 0.5) is 0 Å². The molecule has 0 aromatic carbocycles. The second kappa shape index (κ2) is 6.14. The molecule has 1 saturated carbocycles. The summed E-state index contributed by atoms with van der Waals surface area (Å²) in [4.78, 5) is 8.14. The van der Waals surface area contributed by atoms with Crippen LogP contribution in [0, 0.1) is 11.8 Å². The maximum Gasteiger partial charge on any atom is 0.216 e. The molecule has 18 heavy (non-hydrogen) atoms. The van der Waals surface area contributed by atoms with E-state index in [9.17, 15) is 5.11 Å². The van der Waals surface area contributed by atoms with Crippen LogP contribution >= 0.6 is 0 Å². The first-order valence-electron chi connectivity index (χ1n) is 6.78. The summed E-state index contributed by atoms with van der Waals surface area (Å²) in [6, 6.07) is 1.74. The first-order valence-corrected chi connectivity index (χ1v) is 6.78. The van der Waals surface area contributed by atoms with Gasteiger partial charge in [0.1, 0.15) is 6.33 Å². The van der Waals surface area contributed by atoms with Gasteiger partial charge in [-0.25, -0.2) is 9.97 Å². The van der Waals surface area contributed by atoms with Gasteiger partial charge >= 0.3 is 0 Å². The van der Waals surface area contributed by atoms with E-state index in [1.54, 1.807) is 13.2 Å². The molecule has 0 aliphatic heterocycles. The Labute approximate surface area is 108 Å². The van der Waals surface area contributed by atoms with Crippen molar-refractivity contribution in [3.63, 3.8) is 0 Å². The Morgan fingerprint density at radius 3 is 3.00 bits per heavy atom. The zero-order chi connectivity index (χ0) is 13.0. The second-order valence-corrected chi connectivity index (χ2v) is 5.13. The molecular formula is C14H22N2O2. The fraction of sp³-hybridized carbons (Fsp3) is 0.714. The van der Waals surface area contributed by atoms with Gasteiger partial charge in [0.25, 0.3) is 0 Å². The molecule has 1 N–H and O–H groups in total. The van der Waals surface area contributed by atoms with Crippen LogP contribution in [-0.2, 0) is 0 Å². The average molecular weight is 250 g/mol. The lowest BCUT2D eigenvalue weighted by atomic mass is 9.77. The summed E-state index contributed by atoms with van der Waals surface area (Å²) in [7, 11) is 1.58. The molecule has 2 rings (SSSR count). The van der Waals surface area contributed by atoms with Gasteiger partial charge in [-0.15, -0.1) is 0 Å². The van der Waals surface area contributed by atoms with Gasteiger partial charge in [-0.2, -0.15) is 0 Å². The molecule has 1 aliphatic carbocycles. The molecule has 1 aromatic heterocycles. The molecule has 1 fully saturated rings. The zero-order valence-corrected chi connectivity index (χ0v) is 11.2. The molecule has 0 radical (unpaired) electrons. The number of aromatic nitrogens is 2. The summed E-state index contributed by atoms with van der Waals surface area (Å²) in [6.45, 7) is 2.23. The van der Waals surface area contributed by atoms with Crippen molar-refractivity contribution >= 4 is 0 Å². The monoisotopic (exact) mass is 250 g/mol. The number of aliphatic hydroxyl groups is 1. The van der Waals surface area contributed by atoms with Crippen molar-refractivity contribution in [2.24, 2.45) is 11.8 Å². The molecule has 0 amide bonds. The van der Waals surface area contributed by atoms with Crippen LogP contribution in [0.3, 0.4) is 0 Å². The Hall–Kier alpha value is -1.16. The molecule has 3 atom stereocenters. The van der Waals surface area contributed by atoms with Crippen LogP contribution in [0.5, 0.6) is 5.88 Å². The average Bonchev–Trinajstić information content (AvgIpc) is 2.46. The van der Waals surface area contributed by atoms with Crippen LogP contribution < -0.4 is 4.74 Å². The van der Waals surface area contributed by atoms with Gasteiger partial charge < -0.3 is 9.84 Å². The smallest absolute Gasteiger partial charge is 0.216 e. The largest absolute Gasteiger partial charge is 0.481 e. The fourth-order valence-electron chi connectivity index (χ4n) is 2.86. The highest BCUT2D eigenvalue weighted by Crippen LogP contribution is 2.38. The number of methoxy groups -OCH3 is 1. The van der Waals surface area contributed by atoms with Crippen molar-refractivity contribution in [3.05, 3.63) is 18.1 Å². The number of ether oxygens (including phenoxy) is 1. The number of nitrogens with zero attached hydrogens (tertiary/aromatic N) is 2. The summed E-state index contributed by atoms with van der Waals surface area (Å²) >= 11 is 0. The molecule has 0 bridgehead atoms. The molecule has 100 valence electrons. The third kappa shape index (κ3) is 2.99. The van der Waals surface area contributed by atoms with Crippen molar-refractivity contribution in [1.29, 1.82) is 0 Å². The van der Waals surface area contributed by atoms with Crippen molar-refractivity contribution < 1.29 is 9.84 Å². The van der Waals surface area contributed by atoms with Crippen LogP contribution in [0.25, 0.3) is 0 Å². The van der Waals surface area contributed by atoms with Crippen LogP contribution in [-0.4, -0.2) is 22.2 Å². The molecule has 0 saturated heterocycles. The maximum atomic E-state index is 10.4. The van der Waals surface area contributed by atoms with E-state index in [0.717, 1.165) is 18.8 Å². The van der Waals surface area contributed by atoms with E-state index in [2.05, 4.69) is 16.9 Å². The Balaban J connectivity index is 2.07.